The van der Waals surface area contributed by atoms with E-state index < -0.39 is 18.1 Å². The number of carboxylic acid groups (broad SMARTS) is 1. The molecule has 14 heavy (non-hydrogen) atoms. The van der Waals surface area contributed by atoms with E-state index in [1.807, 2.05) is 6.26 Å². The minimum absolute atomic E-state index is 0.139. The summed E-state index contributed by atoms with van der Waals surface area (Å²) in [6.45, 7) is 1.39. The number of carboxylic acids is 1. The molecule has 0 amide bonds. The van der Waals surface area contributed by atoms with E-state index in [0.29, 0.717) is 6.42 Å². The Morgan fingerprint density at radius 1 is 1.57 bits per heavy atom. The summed E-state index contributed by atoms with van der Waals surface area (Å²) in [5.74, 6) is -0.1000. The molecule has 0 saturated heterocycles. The van der Waals surface area contributed by atoms with Crippen LogP contribution in [0.25, 0.3) is 0 Å². The van der Waals surface area contributed by atoms with Crippen LogP contribution in [0.3, 0.4) is 0 Å². The van der Waals surface area contributed by atoms with Crippen LogP contribution < -0.4 is 5.73 Å². The highest BCUT2D eigenvalue weighted by Gasteiger charge is 2.08. The Bertz CT molecular complexity index is 143. The summed E-state index contributed by atoms with van der Waals surface area (Å²) in [7, 11) is 0. The molecule has 0 spiro atoms. The molecule has 0 radical (unpaired) electrons. The SMILES string of the molecule is CC(O)CO.CSCCC(N)C(=O)O. The van der Waals surface area contributed by atoms with Crippen LogP contribution in [0.5, 0.6) is 0 Å². The Kier molecular flexibility index (Phi) is 12.4. The average Bonchev–Trinajstić information content (AvgIpc) is 2.14. The smallest absolute Gasteiger partial charge is 0.320 e. The highest BCUT2D eigenvalue weighted by molar-refractivity contribution is 7.98. The quantitative estimate of drug-likeness (QED) is 0.503. The van der Waals surface area contributed by atoms with Crippen LogP contribution in [0.15, 0.2) is 0 Å². The Morgan fingerprint density at radius 2 is 2.00 bits per heavy atom. The van der Waals surface area contributed by atoms with Gasteiger partial charge in [-0.15, -0.1) is 0 Å². The molecule has 0 aliphatic carbocycles. The second-order valence-corrected chi connectivity index (χ2v) is 3.74. The van der Waals surface area contributed by atoms with E-state index in [1.165, 1.54) is 6.92 Å². The molecule has 5 nitrogen and oxygen atoms in total. The molecule has 0 aliphatic heterocycles. The van der Waals surface area contributed by atoms with Crippen molar-refractivity contribution in [1.29, 1.82) is 0 Å². The molecular formula is C8H19NO4S. The third kappa shape index (κ3) is 14.2. The third-order valence-corrected chi connectivity index (χ3v) is 1.86. The monoisotopic (exact) mass is 225 g/mol. The van der Waals surface area contributed by atoms with Crippen LogP contribution in [-0.4, -0.2) is 52.1 Å². The first-order valence-electron chi connectivity index (χ1n) is 4.21. The summed E-state index contributed by atoms with van der Waals surface area (Å²) in [5.41, 5.74) is 5.19. The number of rotatable bonds is 5. The van der Waals surface area contributed by atoms with Crippen LogP contribution in [-0.2, 0) is 4.79 Å². The van der Waals surface area contributed by atoms with Gasteiger partial charge in [-0.1, -0.05) is 0 Å². The highest BCUT2D eigenvalue weighted by atomic mass is 32.2. The molecule has 0 saturated carbocycles. The van der Waals surface area contributed by atoms with Gasteiger partial charge in [0, 0.05) is 0 Å². The van der Waals surface area contributed by atoms with E-state index in [1.54, 1.807) is 11.8 Å². The van der Waals surface area contributed by atoms with Crippen molar-refractivity contribution < 1.29 is 20.1 Å². The predicted molar refractivity (Wildman–Crippen MR) is 57.4 cm³/mol. The second kappa shape index (κ2) is 10.8. The van der Waals surface area contributed by atoms with Gasteiger partial charge >= 0.3 is 5.97 Å². The molecule has 2 atom stereocenters. The minimum Gasteiger partial charge on any atom is -0.480 e. The molecule has 6 heteroatoms. The first-order chi connectivity index (χ1) is 6.45. The van der Waals surface area contributed by atoms with E-state index >= 15 is 0 Å². The van der Waals surface area contributed by atoms with E-state index in [-0.39, 0.29) is 6.61 Å². The van der Waals surface area contributed by atoms with Crippen LogP contribution in [0, 0.1) is 0 Å². The Balaban J connectivity index is 0. The first-order valence-corrected chi connectivity index (χ1v) is 5.61. The topological polar surface area (TPSA) is 104 Å². The lowest BCUT2D eigenvalue weighted by atomic mass is 10.2. The van der Waals surface area contributed by atoms with Gasteiger partial charge in [-0.3, -0.25) is 4.79 Å². The molecule has 0 aromatic heterocycles. The number of aliphatic hydroxyl groups is 2. The molecule has 0 aromatic carbocycles. The van der Waals surface area contributed by atoms with Gasteiger partial charge in [-0.2, -0.15) is 11.8 Å². The average molecular weight is 225 g/mol. The standard InChI is InChI=1S/C5H11NO2S.C3H8O2/c1-9-3-2-4(6)5(7)8;1-3(5)2-4/h4H,2-3,6H2,1H3,(H,7,8);3-5H,2H2,1H3. The number of aliphatic carboxylic acids is 1. The van der Waals surface area contributed by atoms with Crippen LogP contribution in [0.2, 0.25) is 0 Å². The van der Waals surface area contributed by atoms with E-state index in [9.17, 15) is 4.79 Å². The maximum absolute atomic E-state index is 10.1. The number of carbonyl (C=O) groups is 1. The lowest BCUT2D eigenvalue weighted by Crippen LogP contribution is -2.30. The van der Waals surface area contributed by atoms with Crippen molar-refractivity contribution in [3.8, 4) is 0 Å². The van der Waals surface area contributed by atoms with E-state index in [4.69, 9.17) is 21.1 Å². The van der Waals surface area contributed by atoms with Crippen molar-refractivity contribution >= 4 is 17.7 Å². The molecule has 0 aromatic rings. The minimum atomic E-state index is -0.913. The molecule has 86 valence electrons. The number of aliphatic hydroxyl groups excluding tert-OH is 2. The third-order valence-electron chi connectivity index (χ3n) is 1.21. The summed E-state index contributed by atoms with van der Waals surface area (Å²) >= 11 is 1.60. The first kappa shape index (κ1) is 16.1. The fraction of sp³-hybridized carbons (Fsp3) is 0.875. The van der Waals surface area contributed by atoms with Gasteiger partial charge in [-0.25, -0.2) is 0 Å². The van der Waals surface area contributed by atoms with Gasteiger partial charge < -0.3 is 21.1 Å². The van der Waals surface area contributed by atoms with E-state index in [0.717, 1.165) is 5.75 Å². The lowest BCUT2D eigenvalue weighted by molar-refractivity contribution is -0.138. The van der Waals surface area contributed by atoms with Crippen molar-refractivity contribution in [1.82, 2.24) is 0 Å². The largest absolute Gasteiger partial charge is 0.480 e. The van der Waals surface area contributed by atoms with Crippen molar-refractivity contribution in [3.05, 3.63) is 0 Å². The number of nitrogens with two attached hydrogens (primary N) is 1. The summed E-state index contributed by atoms with van der Waals surface area (Å²) in [6, 6.07) is -0.683. The van der Waals surface area contributed by atoms with Crippen molar-refractivity contribution in [2.75, 3.05) is 18.6 Å². The zero-order valence-corrected chi connectivity index (χ0v) is 9.33. The number of hydrogen-bond donors (Lipinski definition) is 4. The van der Waals surface area contributed by atoms with Crippen LogP contribution in [0.1, 0.15) is 13.3 Å². The van der Waals surface area contributed by atoms with Gasteiger partial charge in [-0.05, 0) is 25.4 Å². The summed E-state index contributed by atoms with van der Waals surface area (Å²) in [5, 5.41) is 24.3. The maximum Gasteiger partial charge on any atom is 0.320 e. The maximum atomic E-state index is 10.1. The fourth-order valence-corrected chi connectivity index (χ4v) is 0.858. The second-order valence-electron chi connectivity index (χ2n) is 2.76. The zero-order chi connectivity index (χ0) is 11.6. The molecule has 0 rings (SSSR count). The molecule has 0 heterocycles. The van der Waals surface area contributed by atoms with Crippen LogP contribution in [0.4, 0.5) is 0 Å². The predicted octanol–water partition coefficient (Wildman–Crippen LogP) is -0.489. The van der Waals surface area contributed by atoms with Gasteiger partial charge in [0.05, 0.1) is 12.7 Å². The summed E-state index contributed by atoms with van der Waals surface area (Å²) in [6.07, 6.45) is 1.92. The Hall–Kier alpha value is -0.300. The summed E-state index contributed by atoms with van der Waals surface area (Å²) < 4.78 is 0. The Morgan fingerprint density at radius 3 is 2.21 bits per heavy atom. The number of thioether (sulfide) groups is 1. The van der Waals surface area contributed by atoms with Gasteiger partial charge in [0.25, 0.3) is 0 Å². The lowest BCUT2D eigenvalue weighted by Gasteiger charge is -2.02. The van der Waals surface area contributed by atoms with Crippen molar-refractivity contribution in [2.24, 2.45) is 5.73 Å². The zero-order valence-electron chi connectivity index (χ0n) is 8.51. The highest BCUT2D eigenvalue weighted by Crippen LogP contribution is 1.97. The van der Waals surface area contributed by atoms with Gasteiger partial charge in [0.15, 0.2) is 0 Å². The fourth-order valence-electron chi connectivity index (χ4n) is 0.368. The Labute approximate surface area is 88.3 Å². The molecule has 0 fully saturated rings. The molecular weight excluding hydrogens is 206 g/mol. The van der Waals surface area contributed by atoms with E-state index in [2.05, 4.69) is 0 Å². The number of hydrogen-bond acceptors (Lipinski definition) is 5. The van der Waals surface area contributed by atoms with Crippen molar-refractivity contribution in [3.63, 3.8) is 0 Å². The van der Waals surface area contributed by atoms with Crippen LogP contribution >= 0.6 is 11.8 Å². The molecule has 0 aliphatic rings. The normalized spacial score (nSPS) is 13.8. The van der Waals surface area contributed by atoms with Crippen molar-refractivity contribution in [2.45, 2.75) is 25.5 Å². The van der Waals surface area contributed by atoms with Gasteiger partial charge in [0.2, 0.25) is 0 Å². The summed E-state index contributed by atoms with van der Waals surface area (Å²) in [4.78, 5) is 10.1. The molecule has 0 bridgehead atoms. The molecule has 2 unspecified atom stereocenters. The molecule has 5 N–H and O–H groups in total. The van der Waals surface area contributed by atoms with Gasteiger partial charge in [0.1, 0.15) is 6.04 Å².